The molecule has 0 saturated heterocycles. The van der Waals surface area contributed by atoms with Gasteiger partial charge >= 0.3 is 0 Å². The molecule has 104 valence electrons. The van der Waals surface area contributed by atoms with Crippen molar-refractivity contribution in [2.45, 2.75) is 0 Å². The molecule has 0 amide bonds. The van der Waals surface area contributed by atoms with Gasteiger partial charge in [-0.25, -0.2) is 4.98 Å². The Morgan fingerprint density at radius 3 is 2.82 bits per heavy atom. The summed E-state index contributed by atoms with van der Waals surface area (Å²) < 4.78 is 0. The molecule has 0 radical (unpaired) electrons. The summed E-state index contributed by atoms with van der Waals surface area (Å²) in [7, 11) is 0. The first-order chi connectivity index (χ1) is 10.8. The number of pyridine rings is 2. The van der Waals surface area contributed by atoms with Gasteiger partial charge in [-0.15, -0.1) is 0 Å². The van der Waals surface area contributed by atoms with Crippen LogP contribution in [0.25, 0.3) is 21.8 Å². The van der Waals surface area contributed by atoms with E-state index in [2.05, 4.69) is 26.8 Å². The first-order valence-electron chi connectivity index (χ1n) is 6.87. The minimum absolute atomic E-state index is 0.111. The number of hydrogen-bond acceptors (Lipinski definition) is 2. The molecule has 0 spiro atoms. The lowest BCUT2D eigenvalue weighted by Crippen LogP contribution is -2.05. The average molecular weight is 285 g/mol. The van der Waals surface area contributed by atoms with E-state index >= 15 is 0 Å². The van der Waals surface area contributed by atoms with Gasteiger partial charge in [-0.05, 0) is 42.3 Å². The van der Waals surface area contributed by atoms with Gasteiger partial charge in [0.15, 0.2) is 0 Å². The highest BCUT2D eigenvalue weighted by atomic mass is 16.1. The van der Waals surface area contributed by atoms with Crippen LogP contribution in [0.15, 0.2) is 59.7 Å². The molecular weight excluding hydrogens is 274 g/mol. The van der Waals surface area contributed by atoms with E-state index in [0.29, 0.717) is 5.52 Å². The first-order valence-corrected chi connectivity index (χ1v) is 6.87. The van der Waals surface area contributed by atoms with Gasteiger partial charge in [0.05, 0.1) is 0 Å². The van der Waals surface area contributed by atoms with Crippen LogP contribution in [0.4, 0.5) is 0 Å². The number of nitrogens with zero attached hydrogens (tertiary/aromatic N) is 1. The van der Waals surface area contributed by atoms with Crippen LogP contribution in [0.3, 0.4) is 0 Å². The summed E-state index contributed by atoms with van der Waals surface area (Å²) >= 11 is 0. The Labute approximate surface area is 125 Å². The SMILES string of the molecule is O=c1[nH]c2ccc(C#Cc3ccccn3)cc2c2cc[nH]c12. The van der Waals surface area contributed by atoms with Crippen LogP contribution in [-0.4, -0.2) is 15.0 Å². The quantitative estimate of drug-likeness (QED) is 0.488. The van der Waals surface area contributed by atoms with Crippen LogP contribution < -0.4 is 5.56 Å². The molecule has 22 heavy (non-hydrogen) atoms. The molecule has 2 N–H and O–H groups in total. The van der Waals surface area contributed by atoms with Crippen molar-refractivity contribution in [1.29, 1.82) is 0 Å². The van der Waals surface area contributed by atoms with Gasteiger partial charge in [-0.3, -0.25) is 4.79 Å². The molecule has 0 atom stereocenters. The number of aromatic nitrogens is 3. The van der Waals surface area contributed by atoms with Crippen LogP contribution in [-0.2, 0) is 0 Å². The normalized spacial score (nSPS) is 10.5. The zero-order chi connectivity index (χ0) is 14.9. The molecule has 0 fully saturated rings. The second kappa shape index (κ2) is 4.90. The van der Waals surface area contributed by atoms with Crippen molar-refractivity contribution in [2.75, 3.05) is 0 Å². The maximum Gasteiger partial charge on any atom is 0.272 e. The zero-order valence-electron chi connectivity index (χ0n) is 11.6. The molecule has 0 aliphatic rings. The van der Waals surface area contributed by atoms with Crippen molar-refractivity contribution in [2.24, 2.45) is 0 Å². The van der Waals surface area contributed by atoms with Gasteiger partial charge in [0.1, 0.15) is 11.2 Å². The molecule has 4 heteroatoms. The van der Waals surface area contributed by atoms with Crippen molar-refractivity contribution < 1.29 is 0 Å². The van der Waals surface area contributed by atoms with Crippen LogP contribution in [0, 0.1) is 11.8 Å². The van der Waals surface area contributed by atoms with Crippen LogP contribution in [0.2, 0.25) is 0 Å². The zero-order valence-corrected chi connectivity index (χ0v) is 11.6. The fraction of sp³-hybridized carbons (Fsp3) is 0. The molecular formula is C18H11N3O. The van der Waals surface area contributed by atoms with E-state index in [1.54, 1.807) is 12.4 Å². The Balaban J connectivity index is 1.89. The van der Waals surface area contributed by atoms with Crippen molar-refractivity contribution in [1.82, 2.24) is 15.0 Å². The monoisotopic (exact) mass is 285 g/mol. The van der Waals surface area contributed by atoms with E-state index in [1.807, 2.05) is 42.5 Å². The summed E-state index contributed by atoms with van der Waals surface area (Å²) in [5.41, 5.74) is 2.89. The predicted octanol–water partition coefficient (Wildman–Crippen LogP) is 2.80. The van der Waals surface area contributed by atoms with Gasteiger partial charge < -0.3 is 9.97 Å². The molecule has 1 aromatic carbocycles. The number of fused-ring (bicyclic) bond motifs is 3. The lowest BCUT2D eigenvalue weighted by molar-refractivity contribution is 1.29. The van der Waals surface area contributed by atoms with Gasteiger partial charge in [0.25, 0.3) is 5.56 Å². The maximum absolute atomic E-state index is 11.9. The first kappa shape index (κ1) is 12.4. The largest absolute Gasteiger partial charge is 0.357 e. The van der Waals surface area contributed by atoms with Gasteiger partial charge in [0.2, 0.25) is 0 Å². The fourth-order valence-electron chi connectivity index (χ4n) is 2.49. The van der Waals surface area contributed by atoms with E-state index in [4.69, 9.17) is 0 Å². The molecule has 0 saturated carbocycles. The summed E-state index contributed by atoms with van der Waals surface area (Å²) in [5.74, 6) is 6.15. The Bertz CT molecular complexity index is 1100. The molecule has 0 unspecified atom stereocenters. The number of aromatic amines is 2. The van der Waals surface area contributed by atoms with Gasteiger partial charge in [-0.1, -0.05) is 12.0 Å². The average Bonchev–Trinajstić information content (AvgIpc) is 3.05. The summed E-state index contributed by atoms with van der Waals surface area (Å²) in [6, 6.07) is 13.3. The molecule has 0 bridgehead atoms. The highest BCUT2D eigenvalue weighted by Gasteiger charge is 2.05. The van der Waals surface area contributed by atoms with Crippen molar-refractivity contribution in [3.8, 4) is 11.8 Å². The highest BCUT2D eigenvalue weighted by molar-refractivity contribution is 6.04. The molecule has 0 aliphatic heterocycles. The third kappa shape index (κ3) is 2.05. The minimum Gasteiger partial charge on any atom is -0.357 e. The molecule has 4 nitrogen and oxygen atoms in total. The standard InChI is InChI=1S/C18H11N3O/c22-18-17-14(8-10-20-17)15-11-12(5-7-16(15)21-18)4-6-13-3-1-2-9-19-13/h1-3,5,7-11,20H,(H,21,22). The lowest BCUT2D eigenvalue weighted by Gasteiger charge is -2.00. The third-order valence-corrected chi connectivity index (χ3v) is 3.53. The molecule has 3 aromatic heterocycles. The summed E-state index contributed by atoms with van der Waals surface area (Å²) in [4.78, 5) is 21.9. The van der Waals surface area contributed by atoms with Crippen molar-refractivity contribution in [3.63, 3.8) is 0 Å². The topological polar surface area (TPSA) is 61.5 Å². The van der Waals surface area contributed by atoms with E-state index in [1.165, 1.54) is 0 Å². The summed E-state index contributed by atoms with van der Waals surface area (Å²) in [5, 5.41) is 1.88. The number of hydrogen-bond donors (Lipinski definition) is 2. The predicted molar refractivity (Wildman–Crippen MR) is 86.6 cm³/mol. The summed E-state index contributed by atoms with van der Waals surface area (Å²) in [6.07, 6.45) is 3.49. The second-order valence-electron chi connectivity index (χ2n) is 4.95. The van der Waals surface area contributed by atoms with Gasteiger partial charge in [-0.2, -0.15) is 0 Å². The Hall–Kier alpha value is -3.32. The van der Waals surface area contributed by atoms with Crippen molar-refractivity contribution in [3.05, 3.63) is 76.5 Å². The Morgan fingerprint density at radius 1 is 1.00 bits per heavy atom. The highest BCUT2D eigenvalue weighted by Crippen LogP contribution is 2.21. The van der Waals surface area contributed by atoms with E-state index in [0.717, 1.165) is 27.5 Å². The smallest absolute Gasteiger partial charge is 0.272 e. The van der Waals surface area contributed by atoms with Gasteiger partial charge in [0, 0.05) is 34.2 Å². The summed E-state index contributed by atoms with van der Waals surface area (Å²) in [6.45, 7) is 0. The van der Waals surface area contributed by atoms with E-state index in [-0.39, 0.29) is 5.56 Å². The number of nitrogens with one attached hydrogen (secondary N) is 2. The fourth-order valence-corrected chi connectivity index (χ4v) is 2.49. The van der Waals surface area contributed by atoms with E-state index < -0.39 is 0 Å². The number of rotatable bonds is 0. The molecule has 4 aromatic rings. The Kier molecular flexibility index (Phi) is 2.77. The second-order valence-corrected chi connectivity index (χ2v) is 4.95. The minimum atomic E-state index is -0.111. The number of H-pyrrole nitrogens is 2. The third-order valence-electron chi connectivity index (χ3n) is 3.53. The molecule has 3 heterocycles. The van der Waals surface area contributed by atoms with E-state index in [9.17, 15) is 4.79 Å². The Morgan fingerprint density at radius 2 is 1.95 bits per heavy atom. The number of benzene rings is 1. The van der Waals surface area contributed by atoms with Crippen LogP contribution >= 0.6 is 0 Å². The molecule has 4 rings (SSSR count). The van der Waals surface area contributed by atoms with Crippen LogP contribution in [0.1, 0.15) is 11.3 Å². The lowest BCUT2D eigenvalue weighted by atomic mass is 10.1. The van der Waals surface area contributed by atoms with Crippen molar-refractivity contribution >= 4 is 21.8 Å². The maximum atomic E-state index is 11.9. The van der Waals surface area contributed by atoms with Crippen LogP contribution in [0.5, 0.6) is 0 Å². The molecule has 0 aliphatic carbocycles.